The quantitative estimate of drug-likeness (QED) is 0.539. The van der Waals surface area contributed by atoms with Gasteiger partial charge in [0.05, 0.1) is 23.3 Å². The minimum atomic E-state index is -0.0234. The van der Waals surface area contributed by atoms with Crippen LogP contribution in [0.5, 0.6) is 0 Å². The van der Waals surface area contributed by atoms with Gasteiger partial charge in [-0.25, -0.2) is 4.98 Å². The Hall–Kier alpha value is -2.55. The molecule has 0 atom stereocenters. The van der Waals surface area contributed by atoms with E-state index in [0.717, 1.165) is 33.0 Å². The van der Waals surface area contributed by atoms with Crippen LogP contribution in [0.2, 0.25) is 5.02 Å². The fourth-order valence-corrected chi connectivity index (χ4v) is 5.10. The van der Waals surface area contributed by atoms with Gasteiger partial charge in [0.1, 0.15) is 0 Å². The normalized spacial score (nSPS) is 14.6. The molecule has 0 saturated carbocycles. The van der Waals surface area contributed by atoms with Crippen molar-refractivity contribution in [2.45, 2.75) is 19.0 Å². The number of para-hydroxylation sites is 1. The Labute approximate surface area is 203 Å². The molecule has 2 amide bonds. The van der Waals surface area contributed by atoms with E-state index in [1.165, 1.54) is 11.8 Å². The van der Waals surface area contributed by atoms with Crippen LogP contribution in [0.25, 0.3) is 11.0 Å². The maximum absolute atomic E-state index is 12.7. The number of hydrogen-bond acceptors (Lipinski definition) is 5. The van der Waals surface area contributed by atoms with Crippen molar-refractivity contribution >= 4 is 51.9 Å². The molecule has 33 heavy (non-hydrogen) atoms. The molecular weight excluding hydrogens is 458 g/mol. The van der Waals surface area contributed by atoms with Gasteiger partial charge in [0.2, 0.25) is 11.8 Å². The van der Waals surface area contributed by atoms with Crippen LogP contribution in [0.4, 0.5) is 5.69 Å². The van der Waals surface area contributed by atoms with Crippen LogP contribution >= 0.6 is 23.4 Å². The zero-order valence-electron chi connectivity index (χ0n) is 19.1. The first-order valence-electron chi connectivity index (χ1n) is 10.9. The number of imidazole rings is 1. The minimum Gasteiger partial charge on any atom is -0.339 e. The molecule has 0 unspecified atom stereocenters. The third kappa shape index (κ3) is 5.51. The Kier molecular flexibility index (Phi) is 7.26. The number of rotatable bonds is 6. The van der Waals surface area contributed by atoms with Gasteiger partial charge in [-0.2, -0.15) is 0 Å². The van der Waals surface area contributed by atoms with Gasteiger partial charge in [0, 0.05) is 43.9 Å². The number of amides is 2. The smallest absolute Gasteiger partial charge is 0.238 e. The number of nitrogens with zero attached hydrogens (tertiary/aromatic N) is 4. The van der Waals surface area contributed by atoms with Crippen LogP contribution in [-0.2, 0) is 16.6 Å². The molecular formula is C24H28ClN5O2S. The van der Waals surface area contributed by atoms with Gasteiger partial charge in [-0.3, -0.25) is 14.5 Å². The number of aromatic nitrogens is 2. The third-order valence-electron chi connectivity index (χ3n) is 5.96. The number of hydrogen-bond donors (Lipinski definition) is 1. The van der Waals surface area contributed by atoms with Crippen LogP contribution in [0, 0.1) is 13.8 Å². The summed E-state index contributed by atoms with van der Waals surface area (Å²) in [5, 5.41) is 4.48. The summed E-state index contributed by atoms with van der Waals surface area (Å²) in [4.78, 5) is 33.8. The Morgan fingerprint density at radius 1 is 1.09 bits per heavy atom. The molecule has 1 N–H and O–H groups in total. The Morgan fingerprint density at radius 3 is 2.48 bits per heavy atom. The number of aryl methyl sites for hydroxylation is 3. The molecule has 1 aliphatic rings. The third-order valence-corrected chi connectivity index (χ3v) is 7.21. The van der Waals surface area contributed by atoms with Crippen molar-refractivity contribution in [3.05, 3.63) is 52.5 Å². The first kappa shape index (κ1) is 23.6. The number of carbonyl (C=O) groups excluding carboxylic acids is 2. The maximum Gasteiger partial charge on any atom is 0.238 e. The highest BCUT2D eigenvalue weighted by Gasteiger charge is 2.23. The largest absolute Gasteiger partial charge is 0.339 e. The molecule has 0 radical (unpaired) electrons. The van der Waals surface area contributed by atoms with E-state index in [1.54, 1.807) is 0 Å². The van der Waals surface area contributed by atoms with Gasteiger partial charge in [0.25, 0.3) is 0 Å². The van der Waals surface area contributed by atoms with E-state index in [9.17, 15) is 9.59 Å². The molecule has 3 aromatic rings. The van der Waals surface area contributed by atoms with Crippen molar-refractivity contribution in [1.29, 1.82) is 0 Å². The van der Waals surface area contributed by atoms with E-state index in [1.807, 2.05) is 66.8 Å². The molecule has 0 aliphatic carbocycles. The molecule has 1 aromatic heterocycles. The van der Waals surface area contributed by atoms with Gasteiger partial charge in [-0.1, -0.05) is 41.6 Å². The zero-order chi connectivity index (χ0) is 23.5. The van der Waals surface area contributed by atoms with E-state index in [0.29, 0.717) is 43.5 Å². The second-order valence-electron chi connectivity index (χ2n) is 8.35. The van der Waals surface area contributed by atoms with Crippen LogP contribution in [-0.4, -0.2) is 69.6 Å². The summed E-state index contributed by atoms with van der Waals surface area (Å²) < 4.78 is 1.98. The van der Waals surface area contributed by atoms with Gasteiger partial charge in [0.15, 0.2) is 5.16 Å². The number of piperazine rings is 1. The number of carbonyl (C=O) groups is 2. The summed E-state index contributed by atoms with van der Waals surface area (Å²) in [5.41, 5.74) is 4.81. The molecule has 9 heteroatoms. The topological polar surface area (TPSA) is 70.5 Å². The first-order chi connectivity index (χ1) is 15.8. The number of benzene rings is 2. The molecule has 1 saturated heterocycles. The van der Waals surface area contributed by atoms with Gasteiger partial charge < -0.3 is 14.8 Å². The molecule has 4 rings (SSSR count). The van der Waals surface area contributed by atoms with Crippen LogP contribution in [0.15, 0.2) is 41.6 Å². The van der Waals surface area contributed by atoms with Crippen molar-refractivity contribution in [2.24, 2.45) is 7.05 Å². The second-order valence-corrected chi connectivity index (χ2v) is 9.73. The number of halogens is 1. The van der Waals surface area contributed by atoms with Crippen molar-refractivity contribution in [3.63, 3.8) is 0 Å². The van der Waals surface area contributed by atoms with Crippen LogP contribution in [0.3, 0.4) is 0 Å². The average molecular weight is 486 g/mol. The lowest BCUT2D eigenvalue weighted by atomic mass is 10.1. The summed E-state index contributed by atoms with van der Waals surface area (Å²) >= 11 is 7.50. The molecule has 2 heterocycles. The highest BCUT2D eigenvalue weighted by molar-refractivity contribution is 7.99. The number of thioether (sulfide) groups is 1. The molecule has 174 valence electrons. The fraction of sp³-hybridized carbons (Fsp3) is 0.375. The monoisotopic (exact) mass is 485 g/mol. The van der Waals surface area contributed by atoms with Gasteiger partial charge >= 0.3 is 0 Å². The highest BCUT2D eigenvalue weighted by Crippen LogP contribution is 2.25. The van der Waals surface area contributed by atoms with Crippen molar-refractivity contribution < 1.29 is 9.59 Å². The van der Waals surface area contributed by atoms with E-state index >= 15 is 0 Å². The lowest BCUT2D eigenvalue weighted by molar-refractivity contribution is -0.130. The molecule has 1 fully saturated rings. The average Bonchev–Trinajstić information content (AvgIpc) is 3.09. The standard InChI is InChI=1S/C24H28ClN5O2S/c1-16-5-4-6-17(2)23(16)27-21(31)14-29-9-11-30(12-10-29)22(32)15-33-24-26-19-13-18(25)7-8-20(19)28(24)3/h4-8,13H,9-12,14-15H2,1-3H3,(H,27,31). The highest BCUT2D eigenvalue weighted by atomic mass is 35.5. The lowest BCUT2D eigenvalue weighted by Crippen LogP contribution is -2.51. The predicted molar refractivity (Wildman–Crippen MR) is 134 cm³/mol. The number of nitrogens with one attached hydrogen (secondary N) is 1. The van der Waals surface area contributed by atoms with E-state index < -0.39 is 0 Å². The van der Waals surface area contributed by atoms with Crippen LogP contribution < -0.4 is 5.32 Å². The number of fused-ring (bicyclic) bond motifs is 1. The fourth-order valence-electron chi connectivity index (χ4n) is 4.05. The zero-order valence-corrected chi connectivity index (χ0v) is 20.7. The molecule has 7 nitrogen and oxygen atoms in total. The van der Waals surface area contributed by atoms with E-state index in [-0.39, 0.29) is 11.8 Å². The maximum atomic E-state index is 12.7. The van der Waals surface area contributed by atoms with Crippen LogP contribution in [0.1, 0.15) is 11.1 Å². The summed E-state index contributed by atoms with van der Waals surface area (Å²) in [6.45, 7) is 6.92. The molecule has 0 bridgehead atoms. The first-order valence-corrected chi connectivity index (χ1v) is 12.3. The minimum absolute atomic E-state index is 0.0234. The van der Waals surface area contributed by atoms with Crippen molar-refractivity contribution in [3.8, 4) is 0 Å². The summed E-state index contributed by atoms with van der Waals surface area (Å²) in [5.74, 6) is 0.396. The number of anilines is 1. The van der Waals surface area contributed by atoms with E-state index in [4.69, 9.17) is 11.6 Å². The summed E-state index contributed by atoms with van der Waals surface area (Å²) in [7, 11) is 1.94. The Morgan fingerprint density at radius 2 is 1.79 bits per heavy atom. The van der Waals surface area contributed by atoms with Crippen molar-refractivity contribution in [2.75, 3.05) is 43.8 Å². The summed E-state index contributed by atoms with van der Waals surface area (Å²) in [6, 6.07) is 11.6. The second kappa shape index (κ2) is 10.2. The summed E-state index contributed by atoms with van der Waals surface area (Å²) in [6.07, 6.45) is 0. The SMILES string of the molecule is Cc1cccc(C)c1NC(=O)CN1CCN(C(=O)CSc2nc3cc(Cl)ccc3n2C)CC1. The molecule has 0 spiro atoms. The Bertz CT molecular complexity index is 1170. The Balaban J connectivity index is 1.25. The van der Waals surface area contributed by atoms with E-state index in [2.05, 4.69) is 15.2 Å². The molecule has 2 aromatic carbocycles. The molecule has 1 aliphatic heterocycles. The predicted octanol–water partition coefficient (Wildman–Crippen LogP) is 3.72. The van der Waals surface area contributed by atoms with Crippen molar-refractivity contribution in [1.82, 2.24) is 19.4 Å². The van der Waals surface area contributed by atoms with Gasteiger partial charge in [-0.15, -0.1) is 0 Å². The van der Waals surface area contributed by atoms with Gasteiger partial charge in [-0.05, 0) is 43.2 Å². The lowest BCUT2D eigenvalue weighted by Gasteiger charge is -2.34.